The second-order valence-electron chi connectivity index (χ2n) is 5.29. The fourth-order valence-corrected chi connectivity index (χ4v) is 2.80. The van der Waals surface area contributed by atoms with Crippen molar-refractivity contribution in [3.05, 3.63) is 35.4 Å². The number of nitrogens with one attached hydrogen (secondary N) is 1. The number of rotatable bonds is 8. The van der Waals surface area contributed by atoms with Crippen LogP contribution in [-0.2, 0) is 16.7 Å². The van der Waals surface area contributed by atoms with E-state index in [1.807, 2.05) is 6.07 Å². The lowest BCUT2D eigenvalue weighted by Crippen LogP contribution is -2.45. The van der Waals surface area contributed by atoms with Crippen molar-refractivity contribution in [2.24, 2.45) is 0 Å². The van der Waals surface area contributed by atoms with Gasteiger partial charge in [0.1, 0.15) is 0 Å². The molecule has 0 saturated heterocycles. The average molecular weight is 263 g/mol. The zero-order valence-corrected chi connectivity index (χ0v) is 11.8. The van der Waals surface area contributed by atoms with Gasteiger partial charge in [0.25, 0.3) is 0 Å². The minimum atomic E-state index is -0.259. The number of hydrogen-bond donors (Lipinski definition) is 2. The SMILES string of the molecule is CCCCOCCNC1(CO)CCc2ccccc21. The predicted molar refractivity (Wildman–Crippen MR) is 77.3 cm³/mol. The van der Waals surface area contributed by atoms with Crippen LogP contribution in [0.5, 0.6) is 0 Å². The minimum Gasteiger partial charge on any atom is -0.394 e. The van der Waals surface area contributed by atoms with E-state index in [9.17, 15) is 5.11 Å². The highest BCUT2D eigenvalue weighted by Crippen LogP contribution is 2.36. The summed E-state index contributed by atoms with van der Waals surface area (Å²) in [6.45, 7) is 4.65. The number of fused-ring (bicyclic) bond motifs is 1. The van der Waals surface area contributed by atoms with Gasteiger partial charge < -0.3 is 15.2 Å². The van der Waals surface area contributed by atoms with Crippen molar-refractivity contribution in [1.29, 1.82) is 0 Å². The summed E-state index contributed by atoms with van der Waals surface area (Å²) in [6.07, 6.45) is 4.30. The summed E-state index contributed by atoms with van der Waals surface area (Å²) < 4.78 is 5.57. The Morgan fingerprint density at radius 3 is 2.95 bits per heavy atom. The van der Waals surface area contributed by atoms with Gasteiger partial charge in [0.15, 0.2) is 0 Å². The highest BCUT2D eigenvalue weighted by atomic mass is 16.5. The third-order valence-corrected chi connectivity index (χ3v) is 3.98. The number of aliphatic hydroxyl groups excluding tert-OH is 1. The van der Waals surface area contributed by atoms with Gasteiger partial charge in [-0.15, -0.1) is 0 Å². The van der Waals surface area contributed by atoms with Gasteiger partial charge in [-0.05, 0) is 30.4 Å². The molecule has 2 rings (SSSR count). The maximum absolute atomic E-state index is 9.80. The van der Waals surface area contributed by atoms with Crippen molar-refractivity contribution in [2.75, 3.05) is 26.4 Å². The van der Waals surface area contributed by atoms with Crippen LogP contribution in [0.25, 0.3) is 0 Å². The fraction of sp³-hybridized carbons (Fsp3) is 0.625. The molecule has 0 aliphatic heterocycles. The third kappa shape index (κ3) is 3.35. The van der Waals surface area contributed by atoms with E-state index < -0.39 is 0 Å². The van der Waals surface area contributed by atoms with Crippen LogP contribution >= 0.6 is 0 Å². The molecule has 1 atom stereocenters. The van der Waals surface area contributed by atoms with E-state index in [1.54, 1.807) is 0 Å². The maximum Gasteiger partial charge on any atom is 0.0675 e. The fourth-order valence-electron chi connectivity index (χ4n) is 2.80. The van der Waals surface area contributed by atoms with Crippen molar-refractivity contribution in [2.45, 2.75) is 38.1 Å². The van der Waals surface area contributed by atoms with Crippen LogP contribution < -0.4 is 5.32 Å². The molecule has 3 heteroatoms. The number of ether oxygens (including phenoxy) is 1. The van der Waals surface area contributed by atoms with Gasteiger partial charge in [-0.2, -0.15) is 0 Å². The van der Waals surface area contributed by atoms with Gasteiger partial charge in [0, 0.05) is 13.2 Å². The van der Waals surface area contributed by atoms with E-state index in [0.717, 1.165) is 32.4 Å². The van der Waals surface area contributed by atoms with Crippen molar-refractivity contribution < 1.29 is 9.84 Å². The van der Waals surface area contributed by atoms with Crippen LogP contribution in [0.4, 0.5) is 0 Å². The first-order chi connectivity index (χ1) is 9.32. The molecule has 0 amide bonds. The molecule has 0 fully saturated rings. The first-order valence-corrected chi connectivity index (χ1v) is 7.34. The summed E-state index contributed by atoms with van der Waals surface area (Å²) in [4.78, 5) is 0. The molecule has 0 aromatic heterocycles. The Morgan fingerprint density at radius 1 is 1.32 bits per heavy atom. The molecule has 1 aromatic rings. The topological polar surface area (TPSA) is 41.5 Å². The van der Waals surface area contributed by atoms with Crippen molar-refractivity contribution in [3.8, 4) is 0 Å². The van der Waals surface area contributed by atoms with Crippen LogP contribution in [0, 0.1) is 0 Å². The Bertz CT molecular complexity index is 394. The smallest absolute Gasteiger partial charge is 0.0675 e. The van der Waals surface area contributed by atoms with Gasteiger partial charge in [-0.25, -0.2) is 0 Å². The van der Waals surface area contributed by atoms with Gasteiger partial charge in [-0.1, -0.05) is 37.6 Å². The van der Waals surface area contributed by atoms with Gasteiger partial charge in [0.05, 0.1) is 18.8 Å². The quantitative estimate of drug-likeness (QED) is 0.707. The molecule has 1 aliphatic carbocycles. The molecule has 106 valence electrons. The lowest BCUT2D eigenvalue weighted by Gasteiger charge is -2.29. The molecule has 3 nitrogen and oxygen atoms in total. The summed E-state index contributed by atoms with van der Waals surface area (Å²) in [5.41, 5.74) is 2.35. The molecular formula is C16H25NO2. The number of aliphatic hydroxyl groups is 1. The molecule has 0 heterocycles. The number of unbranched alkanes of at least 4 members (excludes halogenated alkanes) is 1. The highest BCUT2D eigenvalue weighted by molar-refractivity contribution is 5.38. The van der Waals surface area contributed by atoms with Gasteiger partial charge >= 0.3 is 0 Å². The van der Waals surface area contributed by atoms with Crippen LogP contribution in [0.1, 0.15) is 37.3 Å². The number of aryl methyl sites for hydroxylation is 1. The van der Waals surface area contributed by atoms with Crippen LogP contribution in [0.2, 0.25) is 0 Å². The zero-order chi connectivity index (χ0) is 13.6. The molecule has 2 N–H and O–H groups in total. The second kappa shape index (κ2) is 7.04. The van der Waals surface area contributed by atoms with E-state index in [0.29, 0.717) is 6.61 Å². The molecule has 0 bridgehead atoms. The molecule has 19 heavy (non-hydrogen) atoms. The Morgan fingerprint density at radius 2 is 2.16 bits per heavy atom. The van der Waals surface area contributed by atoms with Crippen molar-refractivity contribution >= 4 is 0 Å². The van der Waals surface area contributed by atoms with Crippen molar-refractivity contribution in [3.63, 3.8) is 0 Å². The molecule has 0 spiro atoms. The van der Waals surface area contributed by atoms with E-state index in [1.165, 1.54) is 17.5 Å². The van der Waals surface area contributed by atoms with Crippen LogP contribution in [0.15, 0.2) is 24.3 Å². The molecule has 0 saturated carbocycles. The zero-order valence-electron chi connectivity index (χ0n) is 11.8. The van der Waals surface area contributed by atoms with Gasteiger partial charge in [0.2, 0.25) is 0 Å². The largest absolute Gasteiger partial charge is 0.394 e. The van der Waals surface area contributed by atoms with Crippen LogP contribution in [0.3, 0.4) is 0 Å². The molecule has 1 aromatic carbocycles. The van der Waals surface area contributed by atoms with E-state index in [-0.39, 0.29) is 12.1 Å². The lowest BCUT2D eigenvalue weighted by molar-refractivity contribution is 0.109. The Hall–Kier alpha value is -0.900. The first-order valence-electron chi connectivity index (χ1n) is 7.34. The summed E-state index contributed by atoms with van der Waals surface area (Å²) in [5.74, 6) is 0. The summed E-state index contributed by atoms with van der Waals surface area (Å²) >= 11 is 0. The summed E-state index contributed by atoms with van der Waals surface area (Å²) in [6, 6.07) is 8.41. The summed E-state index contributed by atoms with van der Waals surface area (Å²) in [5, 5.41) is 13.3. The standard InChI is InChI=1S/C16H25NO2/c1-2-3-11-19-12-10-17-16(13-18)9-8-14-6-4-5-7-15(14)16/h4-7,17-18H,2-3,8-13H2,1H3. The van der Waals surface area contributed by atoms with Crippen molar-refractivity contribution in [1.82, 2.24) is 5.32 Å². The highest BCUT2D eigenvalue weighted by Gasteiger charge is 2.37. The molecular weight excluding hydrogens is 238 g/mol. The molecule has 1 aliphatic rings. The first kappa shape index (κ1) is 14.5. The maximum atomic E-state index is 9.80. The predicted octanol–water partition coefficient (Wildman–Crippen LogP) is 2.23. The lowest BCUT2D eigenvalue weighted by atomic mass is 9.93. The van der Waals surface area contributed by atoms with E-state index in [4.69, 9.17) is 4.74 Å². The minimum absolute atomic E-state index is 0.152. The molecule has 0 radical (unpaired) electrons. The normalized spacial score (nSPS) is 21.6. The van der Waals surface area contributed by atoms with Gasteiger partial charge in [-0.3, -0.25) is 0 Å². The monoisotopic (exact) mass is 263 g/mol. The Balaban J connectivity index is 1.87. The third-order valence-electron chi connectivity index (χ3n) is 3.98. The van der Waals surface area contributed by atoms with Crippen LogP contribution in [-0.4, -0.2) is 31.5 Å². The average Bonchev–Trinajstić information content (AvgIpc) is 2.83. The van der Waals surface area contributed by atoms with E-state index >= 15 is 0 Å². The van der Waals surface area contributed by atoms with E-state index in [2.05, 4.69) is 30.4 Å². The number of hydrogen-bond acceptors (Lipinski definition) is 3. The second-order valence-corrected chi connectivity index (χ2v) is 5.29. The summed E-state index contributed by atoms with van der Waals surface area (Å²) in [7, 11) is 0. The number of benzene rings is 1. The molecule has 1 unspecified atom stereocenters. The Kier molecular flexibility index (Phi) is 5.37. The Labute approximate surface area is 116 Å².